The highest BCUT2D eigenvalue weighted by Gasteiger charge is 2.32. The van der Waals surface area contributed by atoms with E-state index >= 15 is 0 Å². The average Bonchev–Trinajstić information content (AvgIpc) is 2.84. The summed E-state index contributed by atoms with van der Waals surface area (Å²) < 4.78 is 10.4. The molecule has 180 valence electrons. The molecule has 1 aliphatic heterocycles. The van der Waals surface area contributed by atoms with E-state index < -0.39 is 29.6 Å². The fourth-order valence-electron chi connectivity index (χ4n) is 3.14. The summed E-state index contributed by atoms with van der Waals surface area (Å²) >= 11 is 0. The van der Waals surface area contributed by atoms with Gasteiger partial charge in [0.1, 0.15) is 6.61 Å². The zero-order chi connectivity index (χ0) is 24.8. The highest BCUT2D eigenvalue weighted by Crippen LogP contribution is 2.32. The standard InChI is InChI=1S/C24H28N4O6/c1-4-33-24(32)20-21(29)17-12-16(23(31)34-13-15-8-6-5-7-9-15)10-11-18(17)28(26-20)27-22(30)19(25)14(2)3/h5-12,14,19,26,29H,4,13,25H2,1-3H3,(H,27,30)/t19-/m0/s1. The Morgan fingerprint density at radius 1 is 1.09 bits per heavy atom. The van der Waals surface area contributed by atoms with Crippen molar-refractivity contribution in [1.82, 2.24) is 10.9 Å². The monoisotopic (exact) mass is 468 g/mol. The van der Waals surface area contributed by atoms with Crippen molar-refractivity contribution in [3.8, 4) is 0 Å². The van der Waals surface area contributed by atoms with E-state index in [9.17, 15) is 19.5 Å². The molecular weight excluding hydrogens is 440 g/mol. The summed E-state index contributed by atoms with van der Waals surface area (Å²) in [6, 6.07) is 12.7. The molecule has 10 nitrogen and oxygen atoms in total. The minimum Gasteiger partial charge on any atom is -0.505 e. The maximum absolute atomic E-state index is 12.6. The molecule has 0 aromatic heterocycles. The van der Waals surface area contributed by atoms with Crippen LogP contribution in [0.3, 0.4) is 0 Å². The maximum atomic E-state index is 12.6. The maximum Gasteiger partial charge on any atom is 0.360 e. The van der Waals surface area contributed by atoms with Crippen molar-refractivity contribution in [3.63, 3.8) is 0 Å². The van der Waals surface area contributed by atoms with Gasteiger partial charge in [-0.2, -0.15) is 5.12 Å². The quantitative estimate of drug-likeness (QED) is 0.429. The van der Waals surface area contributed by atoms with E-state index in [1.807, 2.05) is 30.3 Å². The number of ether oxygens (including phenoxy) is 2. The molecule has 5 N–H and O–H groups in total. The van der Waals surface area contributed by atoms with Gasteiger partial charge in [0.25, 0.3) is 5.91 Å². The molecule has 0 unspecified atom stereocenters. The average molecular weight is 469 g/mol. The van der Waals surface area contributed by atoms with Crippen LogP contribution in [-0.4, -0.2) is 35.6 Å². The number of fused-ring (bicyclic) bond motifs is 1. The number of hydrogen-bond acceptors (Lipinski definition) is 9. The number of benzene rings is 2. The summed E-state index contributed by atoms with van der Waals surface area (Å²) in [7, 11) is 0. The molecule has 1 heterocycles. The van der Waals surface area contributed by atoms with Gasteiger partial charge in [-0.3, -0.25) is 10.2 Å². The number of nitrogens with two attached hydrogens (primary N) is 1. The van der Waals surface area contributed by atoms with Gasteiger partial charge >= 0.3 is 11.9 Å². The van der Waals surface area contributed by atoms with Crippen LogP contribution < -0.4 is 21.7 Å². The van der Waals surface area contributed by atoms with Gasteiger partial charge in [0, 0.05) is 5.56 Å². The number of anilines is 1. The minimum absolute atomic E-state index is 0.0700. The molecule has 3 rings (SSSR count). The first-order valence-electron chi connectivity index (χ1n) is 10.8. The van der Waals surface area contributed by atoms with Gasteiger partial charge in [-0.25, -0.2) is 15.0 Å². The topological polar surface area (TPSA) is 143 Å². The van der Waals surface area contributed by atoms with Gasteiger partial charge < -0.3 is 20.3 Å². The van der Waals surface area contributed by atoms with E-state index in [-0.39, 0.29) is 41.6 Å². The second-order valence-corrected chi connectivity index (χ2v) is 7.93. The highest BCUT2D eigenvalue weighted by molar-refractivity contribution is 6.00. The van der Waals surface area contributed by atoms with Crippen LogP contribution in [0, 0.1) is 5.92 Å². The Hall–Kier alpha value is -4.05. The van der Waals surface area contributed by atoms with E-state index in [0.717, 1.165) is 10.7 Å². The van der Waals surface area contributed by atoms with Crippen molar-refractivity contribution >= 4 is 29.3 Å². The molecule has 1 aliphatic rings. The van der Waals surface area contributed by atoms with Gasteiger partial charge in [-0.15, -0.1) is 0 Å². The molecule has 0 aliphatic carbocycles. The Balaban J connectivity index is 1.91. The molecule has 1 atom stereocenters. The van der Waals surface area contributed by atoms with Crippen molar-refractivity contribution in [2.24, 2.45) is 11.7 Å². The van der Waals surface area contributed by atoms with Gasteiger partial charge in [0.05, 0.1) is 23.9 Å². The first kappa shape index (κ1) is 24.6. The number of nitrogens with one attached hydrogen (secondary N) is 2. The first-order valence-corrected chi connectivity index (χ1v) is 10.8. The summed E-state index contributed by atoms with van der Waals surface area (Å²) in [6.07, 6.45) is 0. The number of hydrazine groups is 2. The molecule has 2 aromatic rings. The number of carbonyl (C=O) groups excluding carboxylic acids is 3. The lowest BCUT2D eigenvalue weighted by Gasteiger charge is -2.33. The lowest BCUT2D eigenvalue weighted by atomic mass is 10.0. The van der Waals surface area contributed by atoms with Crippen LogP contribution in [0.4, 0.5) is 5.69 Å². The summed E-state index contributed by atoms with van der Waals surface area (Å²) in [6.45, 7) is 5.36. The Morgan fingerprint density at radius 3 is 2.44 bits per heavy atom. The lowest BCUT2D eigenvalue weighted by molar-refractivity contribution is -0.139. The van der Waals surface area contributed by atoms with Gasteiger partial charge in [0.15, 0.2) is 11.5 Å². The first-order chi connectivity index (χ1) is 16.2. The van der Waals surface area contributed by atoms with Crippen LogP contribution in [-0.2, 0) is 25.7 Å². The number of aliphatic hydroxyl groups excluding tert-OH is 1. The lowest BCUT2D eigenvalue weighted by Crippen LogP contribution is -2.58. The van der Waals surface area contributed by atoms with E-state index in [2.05, 4.69) is 10.9 Å². The Labute approximate surface area is 197 Å². The molecule has 0 spiro atoms. The van der Waals surface area contributed by atoms with Crippen molar-refractivity contribution in [1.29, 1.82) is 0 Å². The fraction of sp³-hybridized carbons (Fsp3) is 0.292. The number of esters is 2. The second kappa shape index (κ2) is 10.7. The number of hydrogen-bond donors (Lipinski definition) is 4. The van der Waals surface area contributed by atoms with E-state index in [0.29, 0.717) is 0 Å². The van der Waals surface area contributed by atoms with Gasteiger partial charge in [-0.05, 0) is 36.6 Å². The normalized spacial score (nSPS) is 13.6. The van der Waals surface area contributed by atoms with Crippen LogP contribution in [0.1, 0.15) is 42.3 Å². The fourth-order valence-corrected chi connectivity index (χ4v) is 3.14. The van der Waals surface area contributed by atoms with Gasteiger partial charge in [-0.1, -0.05) is 44.2 Å². The third kappa shape index (κ3) is 5.46. The second-order valence-electron chi connectivity index (χ2n) is 7.93. The Bertz CT molecular complexity index is 1100. The van der Waals surface area contributed by atoms with E-state index in [1.165, 1.54) is 18.2 Å². The summed E-state index contributed by atoms with van der Waals surface area (Å²) in [4.78, 5) is 37.6. The Kier molecular flexibility index (Phi) is 7.75. The summed E-state index contributed by atoms with van der Waals surface area (Å²) in [5, 5.41) is 11.9. The number of nitrogens with zero attached hydrogens (tertiary/aromatic N) is 1. The molecular formula is C24H28N4O6. The Morgan fingerprint density at radius 2 is 1.79 bits per heavy atom. The van der Waals surface area contributed by atoms with Gasteiger partial charge in [0.2, 0.25) is 0 Å². The summed E-state index contributed by atoms with van der Waals surface area (Å²) in [5.74, 6) is -2.54. The molecule has 2 aromatic carbocycles. The van der Waals surface area contributed by atoms with E-state index in [1.54, 1.807) is 20.8 Å². The SMILES string of the molecule is CCOC(=O)C1=C(O)c2cc(C(=O)OCc3ccccc3)ccc2N(NC(=O)[C@@H](N)C(C)C)N1. The molecule has 0 fully saturated rings. The zero-order valence-electron chi connectivity index (χ0n) is 19.2. The van der Waals surface area contributed by atoms with Crippen LogP contribution in [0.15, 0.2) is 54.2 Å². The van der Waals surface area contributed by atoms with Crippen molar-refractivity contribution in [2.45, 2.75) is 33.4 Å². The van der Waals surface area contributed by atoms with Crippen LogP contribution >= 0.6 is 0 Å². The number of carbonyl (C=O) groups is 3. The third-order valence-corrected chi connectivity index (χ3v) is 5.12. The molecule has 0 radical (unpaired) electrons. The number of amides is 1. The van der Waals surface area contributed by atoms with Crippen molar-refractivity contribution in [2.75, 3.05) is 11.7 Å². The number of rotatable bonds is 8. The van der Waals surface area contributed by atoms with Crippen molar-refractivity contribution < 1.29 is 29.0 Å². The highest BCUT2D eigenvalue weighted by atomic mass is 16.5. The molecule has 1 amide bonds. The number of aliphatic hydroxyl groups is 1. The molecule has 0 saturated carbocycles. The zero-order valence-corrected chi connectivity index (χ0v) is 19.2. The van der Waals surface area contributed by atoms with Crippen LogP contribution in [0.2, 0.25) is 0 Å². The molecule has 0 saturated heterocycles. The minimum atomic E-state index is -0.838. The molecule has 10 heteroatoms. The van der Waals surface area contributed by atoms with Crippen LogP contribution in [0.5, 0.6) is 0 Å². The largest absolute Gasteiger partial charge is 0.505 e. The molecule has 34 heavy (non-hydrogen) atoms. The molecule has 0 bridgehead atoms. The van der Waals surface area contributed by atoms with Crippen LogP contribution in [0.25, 0.3) is 5.76 Å². The predicted molar refractivity (Wildman–Crippen MR) is 125 cm³/mol. The predicted octanol–water partition coefficient (Wildman–Crippen LogP) is 2.17. The smallest absolute Gasteiger partial charge is 0.360 e. The summed E-state index contributed by atoms with van der Waals surface area (Å²) in [5.41, 5.74) is 12.2. The van der Waals surface area contributed by atoms with Crippen molar-refractivity contribution in [3.05, 3.63) is 70.9 Å². The third-order valence-electron chi connectivity index (χ3n) is 5.12. The van der Waals surface area contributed by atoms with E-state index in [4.69, 9.17) is 15.2 Å².